The van der Waals surface area contributed by atoms with E-state index in [2.05, 4.69) is 16.8 Å². The number of aldehydes is 1. The lowest BCUT2D eigenvalue weighted by atomic mass is 9.79. The van der Waals surface area contributed by atoms with Crippen LogP contribution in [0.2, 0.25) is 0 Å². The molecule has 0 N–H and O–H groups in total. The normalized spacial score (nSPS) is 29.0. The summed E-state index contributed by atoms with van der Waals surface area (Å²) in [4.78, 5) is 31.9. The highest BCUT2D eigenvalue weighted by Gasteiger charge is 2.38. The average molecular weight is 301 g/mol. The Hall–Kier alpha value is -1.75. The highest BCUT2D eigenvalue weighted by atomic mass is 16.2. The first-order chi connectivity index (χ1) is 10.6. The summed E-state index contributed by atoms with van der Waals surface area (Å²) >= 11 is 0. The van der Waals surface area contributed by atoms with E-state index in [1.54, 1.807) is 12.3 Å². The van der Waals surface area contributed by atoms with Gasteiger partial charge in [-0.25, -0.2) is 0 Å². The number of aryl methyl sites for hydroxylation is 1. The predicted molar refractivity (Wildman–Crippen MR) is 83.6 cm³/mol. The highest BCUT2D eigenvalue weighted by Crippen LogP contribution is 2.32. The third kappa shape index (κ3) is 2.90. The third-order valence-corrected chi connectivity index (χ3v) is 4.92. The number of carbonyl (C=O) groups is 2. The van der Waals surface area contributed by atoms with Crippen molar-refractivity contribution < 1.29 is 9.59 Å². The molecule has 0 bridgehead atoms. The summed E-state index contributed by atoms with van der Waals surface area (Å²) in [6, 6.07) is 4.50. The molecule has 0 aromatic carbocycles. The zero-order chi connectivity index (χ0) is 15.7. The minimum absolute atomic E-state index is 0.0939. The van der Waals surface area contributed by atoms with E-state index in [0.717, 1.165) is 50.0 Å². The van der Waals surface area contributed by atoms with Crippen LogP contribution in [0.3, 0.4) is 0 Å². The van der Waals surface area contributed by atoms with Gasteiger partial charge in [0.15, 0.2) is 0 Å². The van der Waals surface area contributed by atoms with Crippen molar-refractivity contribution in [1.29, 1.82) is 0 Å². The van der Waals surface area contributed by atoms with Gasteiger partial charge in [-0.05, 0) is 38.8 Å². The average Bonchev–Trinajstić information content (AvgIpc) is 2.47. The Bertz CT molecular complexity index is 569. The first kappa shape index (κ1) is 15.2. The van der Waals surface area contributed by atoms with Crippen LogP contribution in [0.1, 0.15) is 35.8 Å². The monoisotopic (exact) mass is 301 g/mol. The van der Waals surface area contributed by atoms with Crippen molar-refractivity contribution in [2.75, 3.05) is 19.6 Å². The number of nitrogens with zero attached hydrogens (tertiary/aromatic N) is 3. The van der Waals surface area contributed by atoms with Crippen LogP contribution >= 0.6 is 0 Å². The molecule has 1 saturated heterocycles. The molecule has 3 rings (SSSR count). The highest BCUT2D eigenvalue weighted by molar-refractivity contribution is 5.94. The van der Waals surface area contributed by atoms with Gasteiger partial charge in [-0.1, -0.05) is 0 Å². The fraction of sp³-hybridized carbons (Fsp3) is 0.588. The molecule has 2 aliphatic rings. The van der Waals surface area contributed by atoms with Gasteiger partial charge in [0.05, 0.1) is 0 Å². The van der Waals surface area contributed by atoms with Gasteiger partial charge >= 0.3 is 0 Å². The van der Waals surface area contributed by atoms with E-state index in [9.17, 15) is 9.59 Å². The smallest absolute Gasteiger partial charge is 0.254 e. The molecule has 1 saturated carbocycles. The maximum Gasteiger partial charge on any atom is 0.254 e. The first-order valence-corrected chi connectivity index (χ1v) is 8.01. The maximum atomic E-state index is 12.6. The van der Waals surface area contributed by atoms with Crippen LogP contribution in [0, 0.1) is 12.8 Å². The van der Waals surface area contributed by atoms with Crippen LogP contribution in [0.4, 0.5) is 0 Å². The minimum Gasteiger partial charge on any atom is -0.336 e. The number of hydrogen-bond acceptors (Lipinski definition) is 4. The fourth-order valence-electron chi connectivity index (χ4n) is 3.57. The van der Waals surface area contributed by atoms with Crippen molar-refractivity contribution in [1.82, 2.24) is 14.8 Å². The summed E-state index contributed by atoms with van der Waals surface area (Å²) in [5.41, 5.74) is 1.59. The Morgan fingerprint density at radius 2 is 2.14 bits per heavy atom. The Labute approximate surface area is 131 Å². The molecule has 118 valence electrons. The summed E-state index contributed by atoms with van der Waals surface area (Å²) in [5.74, 6) is 0.341. The maximum absolute atomic E-state index is 12.6. The number of amides is 1. The van der Waals surface area contributed by atoms with Crippen molar-refractivity contribution in [2.24, 2.45) is 5.92 Å². The van der Waals surface area contributed by atoms with Crippen LogP contribution in [0.5, 0.6) is 0 Å². The van der Waals surface area contributed by atoms with E-state index < -0.39 is 0 Å². The van der Waals surface area contributed by atoms with Crippen LogP contribution in [0.25, 0.3) is 0 Å². The summed E-state index contributed by atoms with van der Waals surface area (Å²) in [7, 11) is 0. The lowest BCUT2D eigenvalue weighted by molar-refractivity contribution is -0.116. The second-order valence-corrected chi connectivity index (χ2v) is 6.55. The number of rotatable bonds is 3. The Balaban J connectivity index is 1.60. The van der Waals surface area contributed by atoms with Gasteiger partial charge < -0.3 is 9.69 Å². The number of aromatic nitrogens is 1. The number of pyridine rings is 1. The van der Waals surface area contributed by atoms with Crippen molar-refractivity contribution >= 4 is 12.2 Å². The van der Waals surface area contributed by atoms with E-state index in [1.807, 2.05) is 17.9 Å². The van der Waals surface area contributed by atoms with Gasteiger partial charge in [0, 0.05) is 55.1 Å². The topological polar surface area (TPSA) is 53.5 Å². The Morgan fingerprint density at radius 3 is 2.77 bits per heavy atom. The largest absolute Gasteiger partial charge is 0.336 e. The molecule has 1 aliphatic carbocycles. The van der Waals surface area contributed by atoms with E-state index in [4.69, 9.17) is 0 Å². The Morgan fingerprint density at radius 1 is 1.36 bits per heavy atom. The number of carbonyl (C=O) groups excluding carboxylic acids is 2. The summed E-state index contributed by atoms with van der Waals surface area (Å²) in [5, 5.41) is 0. The number of piperazine rings is 1. The predicted octanol–water partition coefficient (Wildman–Crippen LogP) is 1.51. The second-order valence-electron chi connectivity index (χ2n) is 6.55. The molecule has 2 fully saturated rings. The van der Waals surface area contributed by atoms with Crippen molar-refractivity contribution in [3.05, 3.63) is 29.6 Å². The SMILES string of the molecule is Cc1cc(C(=O)N2CCN(C3CC(C=O)C3)C(C)C2)ccn1. The molecule has 1 aromatic heterocycles. The quantitative estimate of drug-likeness (QED) is 0.794. The molecule has 0 spiro atoms. The molecule has 1 atom stereocenters. The first-order valence-electron chi connectivity index (χ1n) is 8.01. The summed E-state index contributed by atoms with van der Waals surface area (Å²) in [6.45, 7) is 6.48. The molecule has 22 heavy (non-hydrogen) atoms. The Kier molecular flexibility index (Phi) is 4.25. The van der Waals surface area contributed by atoms with E-state index in [0.29, 0.717) is 12.1 Å². The van der Waals surface area contributed by atoms with Gasteiger partial charge in [-0.15, -0.1) is 0 Å². The molecular weight excluding hydrogens is 278 g/mol. The molecule has 1 aliphatic heterocycles. The molecule has 1 amide bonds. The van der Waals surface area contributed by atoms with Crippen molar-refractivity contribution in [2.45, 2.75) is 38.8 Å². The fourth-order valence-corrected chi connectivity index (χ4v) is 3.57. The van der Waals surface area contributed by atoms with Crippen LogP contribution in [0.15, 0.2) is 18.3 Å². The molecule has 2 heterocycles. The third-order valence-electron chi connectivity index (χ3n) is 4.92. The van der Waals surface area contributed by atoms with Gasteiger partial charge in [0.2, 0.25) is 0 Å². The second kappa shape index (κ2) is 6.16. The zero-order valence-corrected chi connectivity index (χ0v) is 13.2. The van der Waals surface area contributed by atoms with Gasteiger partial charge in [-0.2, -0.15) is 0 Å². The molecule has 1 aromatic rings. The standard InChI is InChI=1S/C17H23N3O2/c1-12-7-15(3-4-18-12)17(22)19-5-6-20(13(2)10-19)16-8-14(9-16)11-21/h3-4,7,11,13-14,16H,5-6,8-10H2,1-2H3. The lowest BCUT2D eigenvalue weighted by Gasteiger charge is -2.48. The molecule has 5 nitrogen and oxygen atoms in total. The van der Waals surface area contributed by atoms with Crippen LogP contribution in [-0.4, -0.2) is 58.7 Å². The molecule has 5 heteroatoms. The minimum atomic E-state index is 0.0939. The van der Waals surface area contributed by atoms with E-state index >= 15 is 0 Å². The zero-order valence-electron chi connectivity index (χ0n) is 13.2. The van der Waals surface area contributed by atoms with Crippen molar-refractivity contribution in [3.8, 4) is 0 Å². The molecule has 1 unspecified atom stereocenters. The number of hydrogen-bond donors (Lipinski definition) is 0. The molecular formula is C17H23N3O2. The summed E-state index contributed by atoms with van der Waals surface area (Å²) < 4.78 is 0. The molecule has 0 radical (unpaired) electrons. The van der Waals surface area contributed by atoms with Gasteiger partial charge in [0.1, 0.15) is 6.29 Å². The van der Waals surface area contributed by atoms with Gasteiger partial charge in [0.25, 0.3) is 5.91 Å². The van der Waals surface area contributed by atoms with E-state index in [-0.39, 0.29) is 11.8 Å². The lowest BCUT2D eigenvalue weighted by Crippen LogP contribution is -2.59. The van der Waals surface area contributed by atoms with Gasteiger partial charge in [-0.3, -0.25) is 14.7 Å². The van der Waals surface area contributed by atoms with E-state index in [1.165, 1.54) is 0 Å². The van der Waals surface area contributed by atoms with Crippen LogP contribution in [-0.2, 0) is 4.79 Å². The summed E-state index contributed by atoms with van der Waals surface area (Å²) in [6.07, 6.45) is 4.72. The van der Waals surface area contributed by atoms with Crippen LogP contribution < -0.4 is 0 Å². The van der Waals surface area contributed by atoms with Crippen molar-refractivity contribution in [3.63, 3.8) is 0 Å².